The maximum Gasteiger partial charge on any atom is 0.267 e. The van der Waals surface area contributed by atoms with Gasteiger partial charge in [-0.25, -0.2) is 0 Å². The van der Waals surface area contributed by atoms with Crippen molar-refractivity contribution in [3.05, 3.63) is 24.0 Å². The molecular weight excluding hydrogens is 544 g/mol. The van der Waals surface area contributed by atoms with Crippen molar-refractivity contribution in [1.29, 1.82) is 0 Å². The molecule has 5 N–H and O–H groups in total. The zero-order valence-electron chi connectivity index (χ0n) is 24.8. The number of anilines is 1. The van der Waals surface area contributed by atoms with Crippen LogP contribution in [-0.4, -0.2) is 100.0 Å². The highest BCUT2D eigenvalue weighted by Gasteiger charge is 2.33. The number of ether oxygens (including phenoxy) is 3. The molecule has 2 aliphatic rings. The average molecular weight is 591 g/mol. The van der Waals surface area contributed by atoms with Crippen LogP contribution in [0.15, 0.2) is 18.3 Å². The summed E-state index contributed by atoms with van der Waals surface area (Å²) < 4.78 is 16.6. The Balaban J connectivity index is 1.39. The molecule has 2 atom stereocenters. The highest BCUT2D eigenvalue weighted by Crippen LogP contribution is 2.26. The van der Waals surface area contributed by atoms with Gasteiger partial charge in [-0.1, -0.05) is 0 Å². The molecule has 1 saturated carbocycles. The van der Waals surface area contributed by atoms with Gasteiger partial charge in [0.1, 0.15) is 11.8 Å². The lowest BCUT2D eigenvalue weighted by molar-refractivity contribution is -0.129. The largest absolute Gasteiger partial charge is 0.379 e. The Bertz CT molecular complexity index is 1030. The topological polar surface area (TPSA) is 174 Å². The van der Waals surface area contributed by atoms with E-state index < -0.39 is 12.0 Å². The van der Waals surface area contributed by atoms with Crippen LogP contribution in [0.3, 0.4) is 0 Å². The van der Waals surface area contributed by atoms with Crippen LogP contribution in [0, 0.1) is 5.92 Å². The fraction of sp³-hybridized carbons (Fsp3) is 0.690. The molecule has 13 heteroatoms. The summed E-state index contributed by atoms with van der Waals surface area (Å²) in [6.45, 7) is 5.07. The second kappa shape index (κ2) is 17.7. The summed E-state index contributed by atoms with van der Waals surface area (Å²) in [5, 5.41) is 9.00. The second-order valence-corrected chi connectivity index (χ2v) is 10.8. The molecule has 1 aromatic heterocycles. The van der Waals surface area contributed by atoms with Crippen molar-refractivity contribution >= 4 is 29.3 Å². The Morgan fingerprint density at radius 2 is 1.76 bits per heavy atom. The molecule has 4 amide bonds. The van der Waals surface area contributed by atoms with Gasteiger partial charge in [0.05, 0.1) is 32.5 Å². The summed E-state index contributed by atoms with van der Waals surface area (Å²) in [4.78, 5) is 55.6. The average Bonchev–Trinajstić information content (AvgIpc) is 3.43. The van der Waals surface area contributed by atoms with E-state index in [0.717, 1.165) is 25.8 Å². The highest BCUT2D eigenvalue weighted by molar-refractivity contribution is 5.98. The van der Waals surface area contributed by atoms with E-state index in [1.165, 1.54) is 17.2 Å². The first kappa shape index (κ1) is 33.4. The molecule has 2 fully saturated rings. The van der Waals surface area contributed by atoms with E-state index >= 15 is 0 Å². The van der Waals surface area contributed by atoms with Gasteiger partial charge in [-0.3, -0.25) is 24.2 Å². The van der Waals surface area contributed by atoms with Crippen molar-refractivity contribution in [2.45, 2.75) is 70.1 Å². The van der Waals surface area contributed by atoms with Gasteiger partial charge in [-0.15, -0.1) is 0 Å². The lowest BCUT2D eigenvalue weighted by Crippen LogP contribution is -2.45. The number of nitrogens with one attached hydrogen (secondary N) is 3. The minimum atomic E-state index is -0.690. The molecule has 13 nitrogen and oxygen atoms in total. The molecule has 2 heterocycles. The lowest BCUT2D eigenvalue weighted by Gasteiger charge is -2.29. The quantitative estimate of drug-likeness (QED) is 0.189. The number of likely N-dealkylation sites (N-methyl/N-ethyl adjacent to an activating group) is 1. The standard InChI is InChI=1S/C29H46N6O7/c1-20-3-8-25(42-20)29(39)35(23-9-11-32-24(19-23)27(30)37)14-12-33-28(38)21-4-6-22(7-5-21)34-26(36)10-15-40-17-18-41-16-13-31-2/h9,11,19-22,25,31H,3-8,10,12-18H2,1-2H3,(H2,30,37)(H,33,38)(H,34,36). The monoisotopic (exact) mass is 590 g/mol. The first-order chi connectivity index (χ1) is 20.3. The van der Waals surface area contributed by atoms with Crippen LogP contribution in [0.5, 0.6) is 0 Å². The molecule has 2 unspecified atom stereocenters. The molecule has 1 aliphatic carbocycles. The van der Waals surface area contributed by atoms with E-state index in [4.69, 9.17) is 19.9 Å². The smallest absolute Gasteiger partial charge is 0.267 e. The van der Waals surface area contributed by atoms with Gasteiger partial charge in [0.2, 0.25) is 11.8 Å². The van der Waals surface area contributed by atoms with Crippen LogP contribution in [0.1, 0.15) is 62.4 Å². The number of nitrogens with zero attached hydrogens (tertiary/aromatic N) is 2. The minimum absolute atomic E-state index is 0.00861. The third-order valence-corrected chi connectivity index (χ3v) is 7.52. The number of nitrogens with two attached hydrogens (primary N) is 1. The van der Waals surface area contributed by atoms with Crippen molar-refractivity contribution in [2.24, 2.45) is 11.7 Å². The Labute approximate surface area is 247 Å². The lowest BCUT2D eigenvalue weighted by atomic mass is 9.85. The Morgan fingerprint density at radius 1 is 1.02 bits per heavy atom. The maximum atomic E-state index is 13.3. The maximum absolute atomic E-state index is 13.3. The van der Waals surface area contributed by atoms with Crippen LogP contribution >= 0.6 is 0 Å². The Hall–Kier alpha value is -3.13. The minimum Gasteiger partial charge on any atom is -0.379 e. The highest BCUT2D eigenvalue weighted by atomic mass is 16.5. The fourth-order valence-electron chi connectivity index (χ4n) is 5.14. The fourth-order valence-corrected chi connectivity index (χ4v) is 5.14. The van der Waals surface area contributed by atoms with Gasteiger partial charge in [0.15, 0.2) is 0 Å². The predicted molar refractivity (Wildman–Crippen MR) is 156 cm³/mol. The van der Waals surface area contributed by atoms with E-state index in [0.29, 0.717) is 51.4 Å². The van der Waals surface area contributed by atoms with Crippen molar-refractivity contribution in [2.75, 3.05) is 58.0 Å². The van der Waals surface area contributed by atoms with E-state index in [1.807, 2.05) is 14.0 Å². The number of hydrogen-bond acceptors (Lipinski definition) is 9. The van der Waals surface area contributed by atoms with Gasteiger partial charge in [0.25, 0.3) is 11.8 Å². The zero-order chi connectivity index (χ0) is 30.3. The van der Waals surface area contributed by atoms with Gasteiger partial charge in [-0.05, 0) is 64.6 Å². The Morgan fingerprint density at radius 3 is 2.43 bits per heavy atom. The first-order valence-electron chi connectivity index (χ1n) is 14.9. The first-order valence-corrected chi connectivity index (χ1v) is 14.9. The molecule has 1 aliphatic heterocycles. The second-order valence-electron chi connectivity index (χ2n) is 10.8. The van der Waals surface area contributed by atoms with Gasteiger partial charge < -0.3 is 40.8 Å². The SMILES string of the molecule is CNCCOCCOCCC(=O)NC1CCC(C(=O)NCCN(C(=O)C2CCC(C)O2)c2ccnc(C(N)=O)c2)CC1. The molecule has 3 rings (SSSR count). The third kappa shape index (κ3) is 10.9. The molecule has 1 aromatic rings. The van der Waals surface area contributed by atoms with Crippen LogP contribution in [0.2, 0.25) is 0 Å². The summed E-state index contributed by atoms with van der Waals surface area (Å²) in [5.41, 5.74) is 5.91. The summed E-state index contributed by atoms with van der Waals surface area (Å²) in [6, 6.07) is 3.15. The molecule has 0 bridgehead atoms. The molecular formula is C29H46N6O7. The number of hydrogen-bond donors (Lipinski definition) is 4. The number of rotatable bonds is 17. The van der Waals surface area contributed by atoms with E-state index in [-0.39, 0.29) is 61.0 Å². The molecule has 0 radical (unpaired) electrons. The summed E-state index contributed by atoms with van der Waals surface area (Å²) >= 11 is 0. The molecule has 42 heavy (non-hydrogen) atoms. The van der Waals surface area contributed by atoms with Crippen molar-refractivity contribution in [1.82, 2.24) is 20.9 Å². The number of aromatic nitrogens is 1. The van der Waals surface area contributed by atoms with Gasteiger partial charge in [-0.2, -0.15) is 0 Å². The van der Waals surface area contributed by atoms with Crippen molar-refractivity contribution in [3.8, 4) is 0 Å². The van der Waals surface area contributed by atoms with Crippen molar-refractivity contribution < 1.29 is 33.4 Å². The molecule has 0 aromatic carbocycles. The van der Waals surface area contributed by atoms with Crippen LogP contribution in [-0.2, 0) is 28.6 Å². The summed E-state index contributed by atoms with van der Waals surface area (Å²) in [6.07, 6.45) is 5.29. The molecule has 1 saturated heterocycles. The summed E-state index contributed by atoms with van der Waals surface area (Å²) in [7, 11) is 1.86. The van der Waals surface area contributed by atoms with Crippen LogP contribution < -0.4 is 26.6 Å². The number of pyridine rings is 1. The van der Waals surface area contributed by atoms with Gasteiger partial charge in [0, 0.05) is 49.9 Å². The third-order valence-electron chi connectivity index (χ3n) is 7.52. The number of carbonyl (C=O) groups is 4. The molecule has 0 spiro atoms. The predicted octanol–water partition coefficient (Wildman–Crippen LogP) is 0.515. The van der Waals surface area contributed by atoms with E-state index in [9.17, 15) is 19.2 Å². The Kier molecular flexibility index (Phi) is 14.1. The van der Waals surface area contributed by atoms with Crippen LogP contribution in [0.25, 0.3) is 0 Å². The van der Waals surface area contributed by atoms with E-state index in [1.54, 1.807) is 6.07 Å². The normalized spacial score (nSPS) is 22.0. The number of amides is 4. The zero-order valence-corrected chi connectivity index (χ0v) is 24.8. The number of carbonyl (C=O) groups excluding carboxylic acids is 4. The van der Waals surface area contributed by atoms with E-state index in [2.05, 4.69) is 20.9 Å². The molecule has 234 valence electrons. The number of primary amides is 1. The van der Waals surface area contributed by atoms with Crippen LogP contribution in [0.4, 0.5) is 5.69 Å². The summed E-state index contributed by atoms with van der Waals surface area (Å²) in [5.74, 6) is -1.20. The van der Waals surface area contributed by atoms with Crippen molar-refractivity contribution in [3.63, 3.8) is 0 Å². The van der Waals surface area contributed by atoms with Gasteiger partial charge >= 0.3 is 0 Å².